The van der Waals surface area contributed by atoms with Crippen molar-refractivity contribution >= 4 is 75.8 Å². The molecule has 3 fully saturated rings. The lowest BCUT2D eigenvalue weighted by molar-refractivity contribution is -0.192. The number of alkyl halides is 3. The highest BCUT2D eigenvalue weighted by Crippen LogP contribution is 2.41. The van der Waals surface area contributed by atoms with Gasteiger partial charge < -0.3 is 37.0 Å². The van der Waals surface area contributed by atoms with Gasteiger partial charge in [-0.3, -0.25) is 24.2 Å². The maximum Gasteiger partial charge on any atom is 0.490 e. The number of fused-ring (bicyclic) bond motifs is 1. The molecule has 1 aliphatic carbocycles. The number of nitrogens with zero attached hydrogens (tertiary/aromatic N) is 5. The van der Waals surface area contributed by atoms with Gasteiger partial charge >= 0.3 is 12.1 Å². The van der Waals surface area contributed by atoms with Gasteiger partial charge in [-0.2, -0.15) is 18.4 Å². The number of likely N-dealkylation sites (tertiary alicyclic amines) is 3. The standard InChI is InChI=1S/C27H28N4O.C22H26N2O2S2.C19H20Cl2N2O.C2HF3O2/c28-17-22-7-4-8-25(16-22)27(20-29)11-13-31(14-12-27)26(32)24-15-23(18-30-19-24)10-9-21-5-2-1-3-6-21;1-27-22-19-17(6-3-7-18(19)25)20(28-22)21(26)24-10-8-15(9-11-24)16-5-2-4-14(12-16)13-23;20-17-5-4-16(11-18(17)21)19(24)23-8-6-14(7-9-23)15-3-1-2-13(10-15)12-22;3-2(4,5)1(6)7/h1-8,15-16,18-19H,9-14,17,28H2;2,4-5,12,15H,3,6-11,13,23H2,1H3;1-5,10-11,14H,6-9,12,22H2;(H,6,7). The number of thioether (sulfide) groups is 1. The maximum atomic E-state index is 13.3. The van der Waals surface area contributed by atoms with E-state index in [1.54, 1.807) is 36.2 Å². The summed E-state index contributed by atoms with van der Waals surface area (Å²) in [5.41, 5.74) is 29.1. The molecule has 7 aromatic rings. The lowest BCUT2D eigenvalue weighted by atomic mass is 9.73. The molecule has 4 aliphatic rings. The summed E-state index contributed by atoms with van der Waals surface area (Å²) in [4.78, 5) is 71.1. The second-order valence-electron chi connectivity index (χ2n) is 23.0. The molecular formula is C70H75Cl2F3N8O6S2. The molecule has 21 heteroatoms. The number of Topliss-reactive ketones (excluding diaryl/α,β-unsaturated/α-hetero) is 1. The summed E-state index contributed by atoms with van der Waals surface area (Å²) in [5.74, 6) is -1.47. The van der Waals surface area contributed by atoms with Gasteiger partial charge in [0.1, 0.15) is 0 Å². The van der Waals surface area contributed by atoms with Gasteiger partial charge in [0.2, 0.25) is 0 Å². The average molecular weight is 1320 g/mol. The van der Waals surface area contributed by atoms with Crippen LogP contribution in [0.15, 0.2) is 144 Å². The van der Waals surface area contributed by atoms with Gasteiger partial charge in [0.25, 0.3) is 17.7 Å². The van der Waals surface area contributed by atoms with Crippen LogP contribution in [0.25, 0.3) is 0 Å². The minimum atomic E-state index is -5.08. The SMILES string of the molecule is CSc1sc(C(=O)N2CCC(c3cccc(CN)c3)CC2)c2c1C(=O)CCC2.N#CC1(c2cccc(CN)c2)CCN(C(=O)c2cncc(CCc3ccccc3)c2)CC1.NCc1cccc(C2CCN(C(=O)c3ccc(Cl)c(Cl)c3)CC2)c1.O=C(O)C(F)(F)F. The predicted octanol–water partition coefficient (Wildman–Crippen LogP) is 13.6. The van der Waals surface area contributed by atoms with Crippen LogP contribution in [0.1, 0.15) is 154 Å². The normalized spacial score (nSPS) is 15.7. The van der Waals surface area contributed by atoms with Crippen molar-refractivity contribution in [3.05, 3.63) is 221 Å². The van der Waals surface area contributed by atoms with Crippen LogP contribution < -0.4 is 17.2 Å². The molecule has 478 valence electrons. The van der Waals surface area contributed by atoms with E-state index in [1.807, 2.05) is 81.7 Å². The van der Waals surface area contributed by atoms with Crippen molar-refractivity contribution in [2.75, 3.05) is 45.5 Å². The topological polar surface area (TPSA) is 230 Å². The number of piperidine rings is 3. The number of thiophene rings is 1. The van der Waals surface area contributed by atoms with Crippen LogP contribution in [-0.2, 0) is 49.1 Å². The van der Waals surface area contributed by atoms with Crippen molar-refractivity contribution in [2.45, 2.75) is 118 Å². The molecule has 0 spiro atoms. The van der Waals surface area contributed by atoms with E-state index in [4.69, 9.17) is 50.3 Å². The van der Waals surface area contributed by atoms with Crippen LogP contribution in [0.4, 0.5) is 13.2 Å². The van der Waals surface area contributed by atoms with E-state index in [0.29, 0.717) is 85.0 Å². The van der Waals surface area contributed by atoms with Crippen LogP contribution in [-0.4, -0.2) is 106 Å². The van der Waals surface area contributed by atoms with Gasteiger partial charge in [0, 0.05) is 88.8 Å². The fourth-order valence-electron chi connectivity index (χ4n) is 12.0. The Bertz CT molecular complexity index is 3710. The largest absolute Gasteiger partial charge is 0.490 e. The Hall–Kier alpha value is -7.41. The van der Waals surface area contributed by atoms with Gasteiger partial charge in [-0.15, -0.1) is 23.1 Å². The number of aliphatic carboxylic acids is 1. The maximum absolute atomic E-state index is 13.3. The fourth-order valence-corrected chi connectivity index (χ4v) is 14.4. The summed E-state index contributed by atoms with van der Waals surface area (Å²) in [7, 11) is 0. The second kappa shape index (κ2) is 32.7. The Morgan fingerprint density at radius 2 is 1.16 bits per heavy atom. The molecule has 0 unspecified atom stereocenters. The van der Waals surface area contributed by atoms with Crippen molar-refractivity contribution in [2.24, 2.45) is 17.2 Å². The number of carbonyl (C=O) groups is 5. The molecule has 0 saturated carbocycles. The molecule has 2 aromatic heterocycles. The molecule has 14 nitrogen and oxygen atoms in total. The fraction of sp³-hybridized carbons (Fsp3) is 0.357. The number of hydrogen-bond acceptors (Lipinski definition) is 12. The lowest BCUT2D eigenvalue weighted by Crippen LogP contribution is -2.44. The Morgan fingerprint density at radius 3 is 1.70 bits per heavy atom. The Balaban J connectivity index is 0.000000168. The third-order valence-corrected chi connectivity index (χ3v) is 20.3. The first-order valence-corrected chi connectivity index (χ1v) is 33.2. The average Bonchev–Trinajstić information content (AvgIpc) is 1.74. The first kappa shape index (κ1) is 69.5. The number of carboxylic acids is 1. The molecule has 5 aromatic carbocycles. The summed E-state index contributed by atoms with van der Waals surface area (Å²) in [6, 6.07) is 44.8. The third kappa shape index (κ3) is 18.2. The number of hydrogen-bond donors (Lipinski definition) is 4. The lowest BCUT2D eigenvalue weighted by Gasteiger charge is -2.37. The zero-order valence-electron chi connectivity index (χ0n) is 50.7. The number of nitriles is 1. The van der Waals surface area contributed by atoms with E-state index in [0.717, 1.165) is 126 Å². The molecule has 11 rings (SSSR count). The van der Waals surface area contributed by atoms with Gasteiger partial charge in [0.15, 0.2) is 5.78 Å². The van der Waals surface area contributed by atoms with Gasteiger partial charge in [-0.1, -0.05) is 126 Å². The number of benzene rings is 5. The molecule has 3 aliphatic heterocycles. The number of pyridine rings is 1. The minimum Gasteiger partial charge on any atom is -0.475 e. The molecule has 0 bridgehead atoms. The van der Waals surface area contributed by atoms with Crippen molar-refractivity contribution in [1.82, 2.24) is 19.7 Å². The Morgan fingerprint density at radius 1 is 0.648 bits per heavy atom. The number of ketones is 1. The van der Waals surface area contributed by atoms with Crippen LogP contribution >= 0.6 is 46.3 Å². The molecule has 0 atom stereocenters. The van der Waals surface area contributed by atoms with E-state index in [-0.39, 0.29) is 23.5 Å². The molecule has 3 amide bonds. The van der Waals surface area contributed by atoms with Gasteiger partial charge in [0.05, 0.1) is 36.2 Å². The monoisotopic (exact) mass is 1310 g/mol. The molecule has 5 heterocycles. The molecule has 7 N–H and O–H groups in total. The summed E-state index contributed by atoms with van der Waals surface area (Å²) >= 11 is 15.0. The van der Waals surface area contributed by atoms with Crippen LogP contribution in [0.5, 0.6) is 0 Å². The minimum absolute atomic E-state index is 0.0127. The highest BCUT2D eigenvalue weighted by molar-refractivity contribution is 8.00. The van der Waals surface area contributed by atoms with Crippen molar-refractivity contribution in [3.8, 4) is 6.07 Å². The number of aryl methyl sites for hydroxylation is 2. The quantitative estimate of drug-likeness (QED) is 0.0790. The second-order valence-corrected chi connectivity index (χ2v) is 25.9. The number of rotatable bonds is 13. The first-order chi connectivity index (χ1) is 43.8. The van der Waals surface area contributed by atoms with E-state index < -0.39 is 17.6 Å². The van der Waals surface area contributed by atoms with Crippen LogP contribution in [0.3, 0.4) is 0 Å². The highest BCUT2D eigenvalue weighted by atomic mass is 35.5. The summed E-state index contributed by atoms with van der Waals surface area (Å²) in [6.07, 6.45) is 9.55. The summed E-state index contributed by atoms with van der Waals surface area (Å²) < 4.78 is 32.7. The molecule has 91 heavy (non-hydrogen) atoms. The van der Waals surface area contributed by atoms with Crippen LogP contribution in [0, 0.1) is 11.3 Å². The highest BCUT2D eigenvalue weighted by Gasteiger charge is 2.40. The number of halogens is 5. The molecule has 3 saturated heterocycles. The predicted molar refractivity (Wildman–Crippen MR) is 353 cm³/mol. The number of amides is 3. The van der Waals surface area contributed by atoms with Crippen molar-refractivity contribution in [1.29, 1.82) is 5.26 Å². The van der Waals surface area contributed by atoms with Crippen molar-refractivity contribution in [3.63, 3.8) is 0 Å². The number of carboxylic acid groups (broad SMARTS) is 1. The smallest absolute Gasteiger partial charge is 0.475 e. The van der Waals surface area contributed by atoms with E-state index in [2.05, 4.69) is 65.7 Å². The van der Waals surface area contributed by atoms with E-state index in [1.165, 1.54) is 28.0 Å². The van der Waals surface area contributed by atoms with Gasteiger partial charge in [-0.05, 0) is 157 Å². The van der Waals surface area contributed by atoms with E-state index in [9.17, 15) is 37.6 Å². The number of carbonyl (C=O) groups excluding carboxylic acids is 4. The number of aromatic nitrogens is 1. The molecular weight excluding hydrogens is 1240 g/mol. The number of nitrogens with two attached hydrogens (primary N) is 3. The Labute approximate surface area is 547 Å². The first-order valence-electron chi connectivity index (χ1n) is 30.4. The third-order valence-electron chi connectivity index (χ3n) is 17.2. The van der Waals surface area contributed by atoms with Crippen LogP contribution in [0.2, 0.25) is 10.0 Å². The zero-order chi connectivity index (χ0) is 65.2. The zero-order valence-corrected chi connectivity index (χ0v) is 53.9. The van der Waals surface area contributed by atoms with Crippen molar-refractivity contribution < 1.29 is 42.3 Å². The Kier molecular flexibility index (Phi) is 25.0. The van der Waals surface area contributed by atoms with Gasteiger partial charge in [-0.25, -0.2) is 4.79 Å². The molecule has 0 radical (unpaired) electrons. The summed E-state index contributed by atoms with van der Waals surface area (Å²) in [6.45, 7) is 5.70. The van der Waals surface area contributed by atoms with E-state index >= 15 is 0 Å². The summed E-state index contributed by atoms with van der Waals surface area (Å²) in [5, 5.41) is 18.0.